The van der Waals surface area contributed by atoms with Gasteiger partial charge < -0.3 is 10.5 Å². The molecule has 0 atom stereocenters. The van der Waals surface area contributed by atoms with Gasteiger partial charge in [0.25, 0.3) is 0 Å². The zero-order chi connectivity index (χ0) is 14.5. The molecule has 0 aliphatic heterocycles. The van der Waals surface area contributed by atoms with E-state index < -0.39 is 15.8 Å². The molecule has 1 aromatic rings. The summed E-state index contributed by atoms with van der Waals surface area (Å²) in [6.07, 6.45) is 2.01. The lowest BCUT2D eigenvalue weighted by molar-refractivity contribution is 0.0592. The number of hydrogen-bond acceptors (Lipinski definition) is 7. The van der Waals surface area contributed by atoms with Crippen LogP contribution < -0.4 is 5.73 Å². The molecule has 19 heavy (non-hydrogen) atoms. The lowest BCUT2D eigenvalue weighted by Crippen LogP contribution is -2.15. The third-order valence-corrected chi connectivity index (χ3v) is 3.51. The standard InChI is InChI=1S/C10H18N4O4S/c1-18-10(15)9-8(4-5-11)14(13-12-9)6-3-7-19(2,16)17/h3-7,11H2,1-2H3. The average Bonchev–Trinajstić information content (AvgIpc) is 2.71. The number of aryl methyl sites for hydroxylation is 1. The first-order chi connectivity index (χ1) is 8.89. The smallest absolute Gasteiger partial charge is 0.360 e. The molecule has 0 saturated heterocycles. The molecule has 8 nitrogen and oxygen atoms in total. The lowest BCUT2D eigenvalue weighted by Gasteiger charge is -2.06. The van der Waals surface area contributed by atoms with Crippen LogP contribution in [0.1, 0.15) is 22.6 Å². The molecule has 0 saturated carbocycles. The number of hydrogen-bond donors (Lipinski definition) is 1. The molecule has 2 N–H and O–H groups in total. The first kappa shape index (κ1) is 15.6. The summed E-state index contributed by atoms with van der Waals surface area (Å²) in [5.41, 5.74) is 6.18. The summed E-state index contributed by atoms with van der Waals surface area (Å²) in [5.74, 6) is -0.513. The Morgan fingerprint density at radius 2 is 2.16 bits per heavy atom. The Bertz CT molecular complexity index is 538. The number of carbonyl (C=O) groups excluding carboxylic acids is 1. The van der Waals surface area contributed by atoms with Crippen molar-refractivity contribution in [1.82, 2.24) is 15.0 Å². The van der Waals surface area contributed by atoms with Crippen LogP contribution in [0.4, 0.5) is 0 Å². The molecule has 9 heteroatoms. The molecule has 1 rings (SSSR count). The highest BCUT2D eigenvalue weighted by atomic mass is 32.2. The van der Waals surface area contributed by atoms with Crippen LogP contribution in [0.25, 0.3) is 0 Å². The normalized spacial score (nSPS) is 11.5. The van der Waals surface area contributed by atoms with Crippen molar-refractivity contribution >= 4 is 15.8 Å². The summed E-state index contributed by atoms with van der Waals surface area (Å²) in [4.78, 5) is 11.5. The van der Waals surface area contributed by atoms with Gasteiger partial charge in [-0.3, -0.25) is 0 Å². The second kappa shape index (κ2) is 6.62. The van der Waals surface area contributed by atoms with E-state index in [1.165, 1.54) is 18.0 Å². The summed E-state index contributed by atoms with van der Waals surface area (Å²) >= 11 is 0. The maximum absolute atomic E-state index is 11.5. The number of rotatable bonds is 7. The van der Waals surface area contributed by atoms with Gasteiger partial charge >= 0.3 is 5.97 Å². The highest BCUT2D eigenvalue weighted by Crippen LogP contribution is 2.08. The summed E-state index contributed by atoms with van der Waals surface area (Å²) in [6, 6.07) is 0. The minimum Gasteiger partial charge on any atom is -0.464 e. The van der Waals surface area contributed by atoms with Gasteiger partial charge in [0.05, 0.1) is 18.6 Å². The molecule has 0 aromatic carbocycles. The van der Waals surface area contributed by atoms with Crippen LogP contribution in [0.3, 0.4) is 0 Å². The van der Waals surface area contributed by atoms with Crippen molar-refractivity contribution in [3.8, 4) is 0 Å². The fourth-order valence-electron chi connectivity index (χ4n) is 1.63. The van der Waals surface area contributed by atoms with E-state index in [9.17, 15) is 13.2 Å². The van der Waals surface area contributed by atoms with Gasteiger partial charge in [-0.05, 0) is 13.0 Å². The highest BCUT2D eigenvalue weighted by Gasteiger charge is 2.19. The molecule has 108 valence electrons. The van der Waals surface area contributed by atoms with Gasteiger partial charge in [0, 0.05) is 19.2 Å². The molecule has 0 unspecified atom stereocenters. The van der Waals surface area contributed by atoms with E-state index in [2.05, 4.69) is 15.0 Å². The number of methoxy groups -OCH3 is 1. The van der Waals surface area contributed by atoms with Crippen molar-refractivity contribution in [2.75, 3.05) is 25.7 Å². The van der Waals surface area contributed by atoms with E-state index in [-0.39, 0.29) is 11.4 Å². The largest absolute Gasteiger partial charge is 0.464 e. The number of nitrogens with two attached hydrogens (primary N) is 1. The summed E-state index contributed by atoms with van der Waals surface area (Å²) in [5, 5.41) is 7.59. The maximum Gasteiger partial charge on any atom is 0.360 e. The van der Waals surface area contributed by atoms with Gasteiger partial charge in [0.2, 0.25) is 0 Å². The molecule has 0 fully saturated rings. The van der Waals surface area contributed by atoms with Gasteiger partial charge in [-0.25, -0.2) is 17.9 Å². The number of aromatic nitrogens is 3. The summed E-state index contributed by atoms with van der Waals surface area (Å²) in [7, 11) is -1.75. The van der Waals surface area contributed by atoms with Crippen LogP contribution in [0.2, 0.25) is 0 Å². The van der Waals surface area contributed by atoms with Gasteiger partial charge in [-0.1, -0.05) is 5.21 Å². The zero-order valence-corrected chi connectivity index (χ0v) is 11.8. The summed E-state index contributed by atoms with van der Waals surface area (Å²) in [6.45, 7) is 0.704. The Morgan fingerprint density at radius 1 is 1.47 bits per heavy atom. The van der Waals surface area contributed by atoms with E-state index in [1.807, 2.05) is 0 Å². The molecule has 0 aliphatic carbocycles. The lowest BCUT2D eigenvalue weighted by atomic mass is 10.2. The van der Waals surface area contributed by atoms with Crippen molar-refractivity contribution in [2.24, 2.45) is 5.73 Å². The first-order valence-corrected chi connectivity index (χ1v) is 7.83. The molecular formula is C10H18N4O4S. The molecule has 0 radical (unpaired) electrons. The number of ether oxygens (including phenoxy) is 1. The fraction of sp³-hybridized carbons (Fsp3) is 0.700. The Kier molecular flexibility index (Phi) is 5.43. The maximum atomic E-state index is 11.5. The van der Waals surface area contributed by atoms with Gasteiger partial charge in [-0.15, -0.1) is 5.10 Å². The van der Waals surface area contributed by atoms with Crippen molar-refractivity contribution < 1.29 is 17.9 Å². The predicted molar refractivity (Wildman–Crippen MR) is 68.4 cm³/mol. The molecule has 0 aliphatic rings. The molecule has 0 amide bonds. The van der Waals surface area contributed by atoms with Crippen LogP contribution in [0.5, 0.6) is 0 Å². The van der Waals surface area contributed by atoms with Crippen LogP contribution in [0, 0.1) is 0 Å². The third kappa shape index (κ3) is 4.60. The van der Waals surface area contributed by atoms with Gasteiger partial charge in [-0.2, -0.15) is 0 Å². The second-order valence-electron chi connectivity index (χ2n) is 4.12. The quantitative estimate of drug-likeness (QED) is 0.640. The van der Waals surface area contributed by atoms with E-state index in [0.717, 1.165) is 0 Å². The third-order valence-electron chi connectivity index (χ3n) is 2.48. The molecule has 1 heterocycles. The van der Waals surface area contributed by atoms with Crippen LogP contribution in [0.15, 0.2) is 0 Å². The van der Waals surface area contributed by atoms with Crippen LogP contribution in [-0.2, 0) is 27.5 Å². The number of carbonyl (C=O) groups is 1. The monoisotopic (exact) mass is 290 g/mol. The SMILES string of the molecule is COC(=O)c1nnn(CCCS(C)(=O)=O)c1CCN. The minimum absolute atomic E-state index is 0.0580. The van der Waals surface area contributed by atoms with Gasteiger partial charge in [0.15, 0.2) is 5.69 Å². The predicted octanol–water partition coefficient (Wildman–Crippen LogP) is -0.999. The molecule has 0 spiro atoms. The van der Waals surface area contributed by atoms with E-state index in [0.29, 0.717) is 31.6 Å². The Balaban J connectivity index is 2.83. The van der Waals surface area contributed by atoms with Crippen molar-refractivity contribution in [3.63, 3.8) is 0 Å². The molecule has 0 bridgehead atoms. The molecular weight excluding hydrogens is 272 g/mol. The minimum atomic E-state index is -3.01. The number of sulfone groups is 1. The number of esters is 1. The Hall–Kier alpha value is -1.48. The Morgan fingerprint density at radius 3 is 2.68 bits per heavy atom. The van der Waals surface area contributed by atoms with Crippen molar-refractivity contribution in [2.45, 2.75) is 19.4 Å². The molecule has 1 aromatic heterocycles. The zero-order valence-electron chi connectivity index (χ0n) is 11.0. The topological polar surface area (TPSA) is 117 Å². The highest BCUT2D eigenvalue weighted by molar-refractivity contribution is 7.90. The van der Waals surface area contributed by atoms with Gasteiger partial charge in [0.1, 0.15) is 9.84 Å². The van der Waals surface area contributed by atoms with Crippen molar-refractivity contribution in [1.29, 1.82) is 0 Å². The van der Waals surface area contributed by atoms with Crippen LogP contribution >= 0.6 is 0 Å². The first-order valence-electron chi connectivity index (χ1n) is 5.77. The van der Waals surface area contributed by atoms with E-state index in [1.54, 1.807) is 0 Å². The average molecular weight is 290 g/mol. The van der Waals surface area contributed by atoms with Crippen LogP contribution in [-0.4, -0.2) is 55.0 Å². The van der Waals surface area contributed by atoms with E-state index >= 15 is 0 Å². The summed E-state index contributed by atoms with van der Waals surface area (Å²) < 4.78 is 28.2. The van der Waals surface area contributed by atoms with E-state index in [4.69, 9.17) is 5.73 Å². The number of nitrogens with zero attached hydrogens (tertiary/aromatic N) is 3. The van der Waals surface area contributed by atoms with Crippen molar-refractivity contribution in [3.05, 3.63) is 11.4 Å². The second-order valence-corrected chi connectivity index (χ2v) is 6.38. The Labute approximate surface area is 111 Å². The fourth-order valence-corrected chi connectivity index (χ4v) is 2.28.